The Morgan fingerprint density at radius 3 is 2.14 bits per heavy atom. The number of terminal acetylenes is 1. The number of hydrogen-bond donors (Lipinski definition) is 2. The van der Waals surface area contributed by atoms with Crippen molar-refractivity contribution >= 4 is 5.71 Å². The van der Waals surface area contributed by atoms with E-state index in [2.05, 4.69) is 69.6 Å². The molecule has 198 valence electrons. The molecule has 5 nitrogen and oxygen atoms in total. The van der Waals surface area contributed by atoms with E-state index < -0.39 is 0 Å². The average molecular weight is 500 g/mol. The molecule has 5 heteroatoms. The Kier molecular flexibility index (Phi) is 22.4. The van der Waals surface area contributed by atoms with Gasteiger partial charge in [-0.2, -0.15) is 10.5 Å². The Bertz CT molecular complexity index is 1080. The third-order valence-corrected chi connectivity index (χ3v) is 5.10. The number of allylic oxidation sites excluding steroid dienone is 6. The Labute approximate surface area is 226 Å². The van der Waals surface area contributed by atoms with Crippen molar-refractivity contribution in [3.05, 3.63) is 95.0 Å². The minimum Gasteiger partial charge on any atom is -0.405 e. The molecule has 0 saturated heterocycles. The van der Waals surface area contributed by atoms with E-state index in [1.165, 1.54) is 6.20 Å². The molecular formula is C32H45N5. The van der Waals surface area contributed by atoms with E-state index in [1.54, 1.807) is 0 Å². The summed E-state index contributed by atoms with van der Waals surface area (Å²) < 4.78 is 0. The summed E-state index contributed by atoms with van der Waals surface area (Å²) >= 11 is 0. The molecule has 1 aromatic carbocycles. The van der Waals surface area contributed by atoms with Gasteiger partial charge < -0.3 is 11.1 Å². The van der Waals surface area contributed by atoms with Crippen molar-refractivity contribution in [2.75, 3.05) is 0 Å². The summed E-state index contributed by atoms with van der Waals surface area (Å²) in [5.74, 6) is 0. The molecule has 0 aromatic heterocycles. The number of nitrogens with zero attached hydrogens (tertiary/aromatic N) is 3. The van der Waals surface area contributed by atoms with Crippen LogP contribution in [0.25, 0.3) is 0 Å². The third kappa shape index (κ3) is 14.7. The van der Waals surface area contributed by atoms with Gasteiger partial charge in [-0.15, -0.1) is 12.8 Å². The molecule has 0 bridgehead atoms. The molecule has 0 aliphatic carbocycles. The topological polar surface area (TPSA) is 98.0 Å². The molecule has 0 radical (unpaired) electrons. The van der Waals surface area contributed by atoms with E-state index in [-0.39, 0.29) is 6.04 Å². The van der Waals surface area contributed by atoms with Gasteiger partial charge >= 0.3 is 0 Å². The van der Waals surface area contributed by atoms with E-state index >= 15 is 0 Å². The second-order valence-corrected chi connectivity index (χ2v) is 7.78. The highest BCUT2D eigenvalue weighted by molar-refractivity contribution is 6.00. The molecule has 0 heterocycles. The second-order valence-electron chi connectivity index (χ2n) is 7.78. The normalized spacial score (nSPS) is 10.6. The van der Waals surface area contributed by atoms with Crippen molar-refractivity contribution in [1.29, 1.82) is 10.5 Å². The zero-order valence-electron chi connectivity index (χ0n) is 24.1. The molecule has 1 atom stereocenters. The van der Waals surface area contributed by atoms with E-state index in [9.17, 15) is 0 Å². The number of nitriles is 2. The zero-order valence-corrected chi connectivity index (χ0v) is 24.1. The highest BCUT2D eigenvalue weighted by Crippen LogP contribution is 2.22. The summed E-state index contributed by atoms with van der Waals surface area (Å²) in [6.45, 7) is 27.2. The SMILES string of the molecule is C#C.C=C(C#N)C(C)=CCC(=NC(C)=C(C)C)C(=C)NC(C)c1ccc(C#N)cc1CC.C=CN.CC. The Morgan fingerprint density at radius 2 is 1.70 bits per heavy atom. The van der Waals surface area contributed by atoms with Crippen LogP contribution in [0.1, 0.15) is 84.5 Å². The molecule has 1 aromatic rings. The molecule has 0 fully saturated rings. The first-order valence-corrected chi connectivity index (χ1v) is 12.2. The lowest BCUT2D eigenvalue weighted by molar-refractivity contribution is 0.664. The van der Waals surface area contributed by atoms with E-state index in [0.29, 0.717) is 17.6 Å². The van der Waals surface area contributed by atoms with Crippen LogP contribution in [0.4, 0.5) is 0 Å². The van der Waals surface area contributed by atoms with Crippen LogP contribution in [-0.4, -0.2) is 5.71 Å². The smallest absolute Gasteiger partial charge is 0.0991 e. The van der Waals surface area contributed by atoms with Gasteiger partial charge in [0.15, 0.2) is 0 Å². The summed E-state index contributed by atoms with van der Waals surface area (Å²) in [7, 11) is 0. The second kappa shape index (κ2) is 22.2. The van der Waals surface area contributed by atoms with Crippen LogP contribution in [0.5, 0.6) is 0 Å². The van der Waals surface area contributed by atoms with Gasteiger partial charge in [-0.05, 0) is 76.1 Å². The zero-order chi connectivity index (χ0) is 29.6. The standard InChI is InChI=1S/C26H32N4.C2H5N.C2H6.C2H2/c1-9-24-14-23(16-28)11-12-25(24)21(7)29-22(8)26(30-20(6)17(2)3)13-10-18(4)19(5)15-27;1-2-3;2*1-2/h10-12,14,21,29H,5,8-9,13H2,1-4,6-7H3;2H,1,3H2;1-2H3;1-2H. The number of rotatable bonds is 9. The van der Waals surface area contributed by atoms with Crippen molar-refractivity contribution in [2.24, 2.45) is 10.7 Å². The fraction of sp³-hybridized carbons (Fsp3) is 0.344. The van der Waals surface area contributed by atoms with Crippen LogP contribution in [0, 0.1) is 35.5 Å². The van der Waals surface area contributed by atoms with Crippen molar-refractivity contribution in [3.63, 3.8) is 0 Å². The summed E-state index contributed by atoms with van der Waals surface area (Å²) in [6, 6.07) is 10.1. The van der Waals surface area contributed by atoms with Crippen LogP contribution in [0.3, 0.4) is 0 Å². The van der Waals surface area contributed by atoms with Crippen molar-refractivity contribution in [2.45, 2.75) is 74.3 Å². The molecule has 0 aliphatic heterocycles. The van der Waals surface area contributed by atoms with E-state index in [4.69, 9.17) is 15.5 Å². The highest BCUT2D eigenvalue weighted by Gasteiger charge is 2.14. The third-order valence-electron chi connectivity index (χ3n) is 5.10. The lowest BCUT2D eigenvalue weighted by Gasteiger charge is -2.21. The van der Waals surface area contributed by atoms with Gasteiger partial charge in [-0.1, -0.05) is 58.2 Å². The maximum Gasteiger partial charge on any atom is 0.0991 e. The largest absolute Gasteiger partial charge is 0.405 e. The first-order chi connectivity index (χ1) is 17.6. The molecular weight excluding hydrogens is 454 g/mol. The van der Waals surface area contributed by atoms with E-state index in [1.807, 2.05) is 65.8 Å². The molecule has 0 aliphatic rings. The van der Waals surface area contributed by atoms with Gasteiger partial charge in [0, 0.05) is 29.4 Å². The molecule has 0 spiro atoms. The van der Waals surface area contributed by atoms with Crippen LogP contribution in [-0.2, 0) is 6.42 Å². The van der Waals surface area contributed by atoms with Crippen molar-refractivity contribution < 1.29 is 0 Å². The molecule has 37 heavy (non-hydrogen) atoms. The summed E-state index contributed by atoms with van der Waals surface area (Å²) in [6.07, 6.45) is 12.6. The van der Waals surface area contributed by atoms with Crippen molar-refractivity contribution in [1.82, 2.24) is 5.32 Å². The van der Waals surface area contributed by atoms with Gasteiger partial charge in [-0.3, -0.25) is 4.99 Å². The minimum atomic E-state index is 0.0107. The molecule has 1 unspecified atom stereocenters. The summed E-state index contributed by atoms with van der Waals surface area (Å²) in [5.41, 5.74) is 12.5. The average Bonchev–Trinajstić information content (AvgIpc) is 2.92. The van der Waals surface area contributed by atoms with Gasteiger partial charge in [-0.25, -0.2) is 0 Å². The Morgan fingerprint density at radius 1 is 1.16 bits per heavy atom. The van der Waals surface area contributed by atoms with Crippen molar-refractivity contribution in [3.8, 4) is 25.0 Å². The number of benzene rings is 1. The molecule has 0 amide bonds. The first-order valence-electron chi connectivity index (χ1n) is 12.2. The van der Waals surface area contributed by atoms with Crippen LogP contribution in [0.2, 0.25) is 0 Å². The van der Waals surface area contributed by atoms with Gasteiger partial charge in [0.25, 0.3) is 0 Å². The fourth-order valence-electron chi connectivity index (χ4n) is 2.84. The predicted octanol–water partition coefficient (Wildman–Crippen LogP) is 7.82. The highest BCUT2D eigenvalue weighted by atomic mass is 14.9. The monoisotopic (exact) mass is 499 g/mol. The van der Waals surface area contributed by atoms with Gasteiger partial charge in [0.1, 0.15) is 0 Å². The molecule has 0 saturated carbocycles. The first kappa shape index (κ1) is 37.3. The van der Waals surface area contributed by atoms with Gasteiger partial charge in [0.05, 0.1) is 23.4 Å². The lowest BCUT2D eigenvalue weighted by Crippen LogP contribution is -2.24. The fourth-order valence-corrected chi connectivity index (χ4v) is 2.84. The summed E-state index contributed by atoms with van der Waals surface area (Å²) in [4.78, 5) is 4.78. The number of nitrogens with two attached hydrogens (primary N) is 1. The van der Waals surface area contributed by atoms with Crippen LogP contribution < -0.4 is 11.1 Å². The Hall–Kier alpha value is -4.27. The lowest BCUT2D eigenvalue weighted by atomic mass is 9.97. The summed E-state index contributed by atoms with van der Waals surface area (Å²) in [5, 5.41) is 21.7. The number of hydrogen-bond acceptors (Lipinski definition) is 5. The van der Waals surface area contributed by atoms with Crippen LogP contribution >= 0.6 is 0 Å². The predicted molar refractivity (Wildman–Crippen MR) is 161 cm³/mol. The number of aryl methyl sites for hydroxylation is 1. The maximum atomic E-state index is 9.16. The molecule has 3 N–H and O–H groups in total. The maximum absolute atomic E-state index is 9.16. The quantitative estimate of drug-likeness (QED) is 0.157. The Balaban J connectivity index is -0.00000150. The number of aliphatic imine (C=N–C) groups is 1. The molecule has 1 rings (SSSR count). The minimum absolute atomic E-state index is 0.0107. The van der Waals surface area contributed by atoms with E-state index in [0.717, 1.165) is 45.8 Å². The van der Waals surface area contributed by atoms with Gasteiger partial charge in [0.2, 0.25) is 0 Å². The van der Waals surface area contributed by atoms with Crippen LogP contribution in [0.15, 0.2) is 83.3 Å². The number of nitrogens with one attached hydrogen (secondary N) is 1.